The molecule has 2 rings (SSSR count). The Morgan fingerprint density at radius 1 is 1.53 bits per heavy atom. The van der Waals surface area contributed by atoms with Crippen LogP contribution in [0.2, 0.25) is 0 Å². The van der Waals surface area contributed by atoms with Crippen molar-refractivity contribution >= 4 is 17.9 Å². The van der Waals surface area contributed by atoms with Crippen molar-refractivity contribution < 1.29 is 4.92 Å². The van der Waals surface area contributed by atoms with Gasteiger partial charge in [0.25, 0.3) is 5.69 Å². The van der Waals surface area contributed by atoms with Crippen LogP contribution in [-0.2, 0) is 6.54 Å². The van der Waals surface area contributed by atoms with Crippen molar-refractivity contribution in [1.29, 1.82) is 0 Å². The summed E-state index contributed by atoms with van der Waals surface area (Å²) in [7, 11) is 0. The second-order valence-electron chi connectivity index (χ2n) is 3.53. The molecule has 5 nitrogen and oxygen atoms in total. The zero-order valence-electron chi connectivity index (χ0n) is 9.21. The van der Waals surface area contributed by atoms with E-state index in [0.717, 1.165) is 17.8 Å². The Labute approximate surface area is 103 Å². The molecule has 0 saturated heterocycles. The van der Waals surface area contributed by atoms with Gasteiger partial charge in [-0.1, -0.05) is 12.1 Å². The molecule has 0 amide bonds. The maximum Gasteiger partial charge on any atom is 0.270 e. The minimum Gasteiger partial charge on any atom is -0.337 e. The molecule has 0 unspecified atom stereocenters. The third-order valence-electron chi connectivity index (χ3n) is 2.54. The topological polar surface area (TPSA) is 63.9 Å². The number of rotatable bonds is 3. The fourth-order valence-electron chi connectivity index (χ4n) is 1.73. The molecule has 6 heteroatoms. The first-order valence-electron chi connectivity index (χ1n) is 5.16. The Balaban J connectivity index is 2.56. The predicted molar refractivity (Wildman–Crippen MR) is 67.4 cm³/mol. The first kappa shape index (κ1) is 11.5. The van der Waals surface area contributed by atoms with E-state index in [9.17, 15) is 10.1 Å². The summed E-state index contributed by atoms with van der Waals surface area (Å²) in [5, 5.41) is 10.7. The number of hydrogen-bond donors (Lipinski definition) is 1. The SMILES string of the molecule is CCn1c(-c2cccc([N+](=O)[O-])c2)c[nH]c1=S. The van der Waals surface area contributed by atoms with Crippen molar-refractivity contribution in [1.82, 2.24) is 9.55 Å². The van der Waals surface area contributed by atoms with Gasteiger partial charge in [-0.05, 0) is 19.1 Å². The zero-order chi connectivity index (χ0) is 12.4. The van der Waals surface area contributed by atoms with Crippen molar-refractivity contribution in [2.45, 2.75) is 13.5 Å². The highest BCUT2D eigenvalue weighted by Gasteiger charge is 2.10. The molecule has 0 aliphatic carbocycles. The number of nitrogens with one attached hydrogen (secondary N) is 1. The molecule has 88 valence electrons. The fourth-order valence-corrected chi connectivity index (χ4v) is 2.01. The van der Waals surface area contributed by atoms with E-state index in [0.29, 0.717) is 4.77 Å². The van der Waals surface area contributed by atoms with Crippen LogP contribution in [0.1, 0.15) is 6.92 Å². The van der Waals surface area contributed by atoms with Gasteiger partial charge in [-0.25, -0.2) is 0 Å². The molecule has 0 bridgehead atoms. The number of benzene rings is 1. The molecule has 0 aliphatic rings. The molecule has 0 fully saturated rings. The molecule has 0 aliphatic heterocycles. The molecule has 0 spiro atoms. The van der Waals surface area contributed by atoms with Gasteiger partial charge in [-0.3, -0.25) is 10.1 Å². The molecular formula is C11H11N3O2S. The summed E-state index contributed by atoms with van der Waals surface area (Å²) in [5.41, 5.74) is 1.73. The monoisotopic (exact) mass is 249 g/mol. The minimum absolute atomic E-state index is 0.0808. The second-order valence-corrected chi connectivity index (χ2v) is 3.92. The second kappa shape index (κ2) is 4.50. The van der Waals surface area contributed by atoms with Crippen LogP contribution >= 0.6 is 12.2 Å². The molecule has 1 aromatic carbocycles. The van der Waals surface area contributed by atoms with Gasteiger partial charge >= 0.3 is 0 Å². The van der Waals surface area contributed by atoms with E-state index in [1.165, 1.54) is 6.07 Å². The van der Waals surface area contributed by atoms with E-state index in [-0.39, 0.29) is 5.69 Å². The Morgan fingerprint density at radius 3 is 2.94 bits per heavy atom. The molecule has 1 N–H and O–H groups in total. The maximum atomic E-state index is 10.7. The van der Waals surface area contributed by atoms with Gasteiger partial charge in [-0.2, -0.15) is 0 Å². The number of hydrogen-bond acceptors (Lipinski definition) is 3. The van der Waals surface area contributed by atoms with Crippen LogP contribution in [0.25, 0.3) is 11.3 Å². The zero-order valence-corrected chi connectivity index (χ0v) is 10.0. The lowest BCUT2D eigenvalue weighted by Crippen LogP contribution is -1.97. The lowest BCUT2D eigenvalue weighted by atomic mass is 10.1. The highest BCUT2D eigenvalue weighted by molar-refractivity contribution is 7.71. The van der Waals surface area contributed by atoms with Crippen molar-refractivity contribution in [2.24, 2.45) is 0 Å². The molecule has 0 atom stereocenters. The summed E-state index contributed by atoms with van der Waals surface area (Å²) in [5.74, 6) is 0. The maximum absolute atomic E-state index is 10.7. The van der Waals surface area contributed by atoms with Crippen LogP contribution < -0.4 is 0 Å². The first-order valence-corrected chi connectivity index (χ1v) is 5.57. The Morgan fingerprint density at radius 2 is 2.29 bits per heavy atom. The van der Waals surface area contributed by atoms with Gasteiger partial charge in [0.1, 0.15) is 0 Å². The van der Waals surface area contributed by atoms with Crippen molar-refractivity contribution in [3.05, 3.63) is 45.3 Å². The number of H-pyrrole nitrogens is 1. The summed E-state index contributed by atoms with van der Waals surface area (Å²) < 4.78 is 2.52. The number of aromatic nitrogens is 2. The van der Waals surface area contributed by atoms with Crippen molar-refractivity contribution in [3.63, 3.8) is 0 Å². The van der Waals surface area contributed by atoms with Gasteiger partial charge in [0.2, 0.25) is 0 Å². The van der Waals surface area contributed by atoms with Crippen LogP contribution in [0, 0.1) is 14.9 Å². The summed E-state index contributed by atoms with van der Waals surface area (Å²) in [6, 6.07) is 6.52. The molecular weight excluding hydrogens is 238 g/mol. The Kier molecular flexibility index (Phi) is 3.06. The summed E-state index contributed by atoms with van der Waals surface area (Å²) in [6.07, 6.45) is 1.77. The average molecular weight is 249 g/mol. The van der Waals surface area contributed by atoms with Crippen LogP contribution in [-0.4, -0.2) is 14.5 Å². The number of nitro groups is 1. The first-order chi connectivity index (χ1) is 8.13. The minimum atomic E-state index is -0.402. The van der Waals surface area contributed by atoms with Crippen LogP contribution in [0.15, 0.2) is 30.5 Å². The highest BCUT2D eigenvalue weighted by Crippen LogP contribution is 2.23. The molecule has 1 aromatic heterocycles. The third kappa shape index (κ3) is 2.12. The van der Waals surface area contributed by atoms with Crippen molar-refractivity contribution in [2.75, 3.05) is 0 Å². The van der Waals surface area contributed by atoms with Gasteiger partial charge < -0.3 is 9.55 Å². The van der Waals surface area contributed by atoms with E-state index >= 15 is 0 Å². The quantitative estimate of drug-likeness (QED) is 0.516. The normalized spacial score (nSPS) is 10.4. The lowest BCUT2D eigenvalue weighted by Gasteiger charge is -2.04. The van der Waals surface area contributed by atoms with E-state index < -0.39 is 4.92 Å². The lowest BCUT2D eigenvalue weighted by molar-refractivity contribution is -0.384. The molecule has 0 radical (unpaired) electrons. The van der Waals surface area contributed by atoms with Gasteiger partial charge in [0.15, 0.2) is 4.77 Å². The molecule has 2 aromatic rings. The van der Waals surface area contributed by atoms with E-state index in [1.807, 2.05) is 17.6 Å². The van der Waals surface area contributed by atoms with Gasteiger partial charge in [0.05, 0.1) is 10.6 Å². The van der Waals surface area contributed by atoms with Crippen molar-refractivity contribution in [3.8, 4) is 11.3 Å². The average Bonchev–Trinajstić information content (AvgIpc) is 2.70. The smallest absolute Gasteiger partial charge is 0.270 e. The molecule has 17 heavy (non-hydrogen) atoms. The number of nitrogens with zero attached hydrogens (tertiary/aromatic N) is 2. The highest BCUT2D eigenvalue weighted by atomic mass is 32.1. The number of non-ortho nitro benzene ring substituents is 1. The van der Waals surface area contributed by atoms with Crippen LogP contribution in [0.4, 0.5) is 5.69 Å². The van der Waals surface area contributed by atoms with Gasteiger partial charge in [-0.15, -0.1) is 0 Å². The standard InChI is InChI=1S/C11H11N3O2S/c1-2-13-10(7-12-11(13)17)8-4-3-5-9(6-8)14(15)16/h3-7H,2H2,1H3,(H,12,17). The number of nitro benzene ring substituents is 1. The summed E-state index contributed by atoms with van der Waals surface area (Å²) in [4.78, 5) is 13.3. The molecule has 1 heterocycles. The van der Waals surface area contributed by atoms with Gasteiger partial charge in [0, 0.05) is 30.4 Å². The largest absolute Gasteiger partial charge is 0.337 e. The fraction of sp³-hybridized carbons (Fsp3) is 0.182. The summed E-state index contributed by atoms with van der Waals surface area (Å²) >= 11 is 5.13. The third-order valence-corrected chi connectivity index (χ3v) is 2.88. The van der Waals surface area contributed by atoms with E-state index in [1.54, 1.807) is 18.3 Å². The van der Waals surface area contributed by atoms with E-state index in [4.69, 9.17) is 12.2 Å². The Bertz CT molecular complexity index is 615. The van der Waals surface area contributed by atoms with Crippen LogP contribution in [0.5, 0.6) is 0 Å². The number of imidazole rings is 1. The predicted octanol–water partition coefficient (Wildman–Crippen LogP) is 3.14. The van der Waals surface area contributed by atoms with E-state index in [2.05, 4.69) is 4.98 Å². The van der Waals surface area contributed by atoms with Crippen LogP contribution in [0.3, 0.4) is 0 Å². The summed E-state index contributed by atoms with van der Waals surface area (Å²) in [6.45, 7) is 2.70. The Hall–Kier alpha value is -1.95. The number of aromatic amines is 1. The molecule has 0 saturated carbocycles.